The smallest absolute Gasteiger partial charge is 0.334 e. The Morgan fingerprint density at radius 3 is 2.16 bits per heavy atom. The Bertz CT molecular complexity index is 332. The van der Waals surface area contributed by atoms with Gasteiger partial charge < -0.3 is 25.8 Å². The number of hydrogen-bond donors (Lipinski definition) is 4. The maximum absolute atomic E-state index is 11.5. The highest BCUT2D eigenvalue weighted by atomic mass is 16.5. The molecule has 0 saturated heterocycles. The molecule has 0 aromatic rings. The molecule has 3 amide bonds. The van der Waals surface area contributed by atoms with Gasteiger partial charge in [-0.2, -0.15) is 0 Å². The molecule has 110 valence electrons. The molecule has 0 saturated carbocycles. The molecule has 0 fully saturated rings. The summed E-state index contributed by atoms with van der Waals surface area (Å²) in [4.78, 5) is 33.6. The predicted molar refractivity (Wildman–Crippen MR) is 67.7 cm³/mol. The van der Waals surface area contributed by atoms with Crippen LogP contribution in [0.5, 0.6) is 0 Å². The summed E-state index contributed by atoms with van der Waals surface area (Å²) in [5, 5.41) is 16.0. The second-order valence-corrected chi connectivity index (χ2v) is 4.30. The average Bonchev–Trinajstić information content (AvgIpc) is 2.28. The Morgan fingerprint density at radius 2 is 1.74 bits per heavy atom. The van der Waals surface area contributed by atoms with Crippen LogP contribution in [-0.2, 0) is 14.3 Å². The molecule has 2 unspecified atom stereocenters. The van der Waals surface area contributed by atoms with Crippen LogP contribution in [0.1, 0.15) is 20.8 Å². The van der Waals surface area contributed by atoms with E-state index in [9.17, 15) is 14.4 Å². The minimum Gasteiger partial charge on any atom is -0.479 e. The number of aliphatic carboxylic acids is 1. The topological polar surface area (TPSA) is 117 Å². The first-order valence-corrected chi connectivity index (χ1v) is 5.88. The van der Waals surface area contributed by atoms with Gasteiger partial charge in [0.2, 0.25) is 5.91 Å². The van der Waals surface area contributed by atoms with Gasteiger partial charge in [-0.1, -0.05) is 0 Å². The first-order chi connectivity index (χ1) is 8.77. The van der Waals surface area contributed by atoms with E-state index in [0.29, 0.717) is 0 Å². The average molecular weight is 275 g/mol. The van der Waals surface area contributed by atoms with Crippen molar-refractivity contribution in [2.75, 3.05) is 13.7 Å². The fourth-order valence-electron chi connectivity index (χ4n) is 1.18. The largest absolute Gasteiger partial charge is 0.479 e. The number of carbonyl (C=O) groups is 3. The lowest BCUT2D eigenvalue weighted by atomic mass is 10.3. The third-order valence-corrected chi connectivity index (χ3v) is 2.18. The molecular weight excluding hydrogens is 254 g/mol. The van der Waals surface area contributed by atoms with Crippen LogP contribution in [0.3, 0.4) is 0 Å². The maximum atomic E-state index is 11.5. The highest BCUT2D eigenvalue weighted by Gasteiger charge is 2.19. The monoisotopic (exact) mass is 275 g/mol. The first-order valence-electron chi connectivity index (χ1n) is 5.88. The number of nitrogens with one attached hydrogen (secondary N) is 3. The van der Waals surface area contributed by atoms with Crippen LogP contribution in [0.4, 0.5) is 4.79 Å². The number of hydrogen-bond acceptors (Lipinski definition) is 4. The van der Waals surface area contributed by atoms with E-state index >= 15 is 0 Å². The fraction of sp³-hybridized carbons (Fsp3) is 0.727. The van der Waals surface area contributed by atoms with E-state index in [1.54, 1.807) is 13.8 Å². The van der Waals surface area contributed by atoms with Crippen molar-refractivity contribution in [1.29, 1.82) is 0 Å². The van der Waals surface area contributed by atoms with E-state index in [1.807, 2.05) is 0 Å². The SMILES string of the molecule is COC(CNC(=O)NC(C)C(=O)NC(C)C)C(=O)O. The first kappa shape index (κ1) is 17.2. The molecule has 0 bridgehead atoms. The number of rotatable bonds is 7. The van der Waals surface area contributed by atoms with Crippen molar-refractivity contribution in [2.24, 2.45) is 0 Å². The zero-order chi connectivity index (χ0) is 15.0. The van der Waals surface area contributed by atoms with Gasteiger partial charge in [-0.3, -0.25) is 4.79 Å². The highest BCUT2D eigenvalue weighted by molar-refractivity contribution is 5.87. The Kier molecular flexibility index (Phi) is 7.50. The Hall–Kier alpha value is -1.83. The summed E-state index contributed by atoms with van der Waals surface area (Å²) in [5.74, 6) is -1.49. The Morgan fingerprint density at radius 1 is 1.16 bits per heavy atom. The maximum Gasteiger partial charge on any atom is 0.334 e. The standard InChI is InChI=1S/C11H21N3O5/c1-6(2)13-9(15)7(3)14-11(18)12-5-8(19-4)10(16)17/h6-8H,5H2,1-4H3,(H,13,15)(H,16,17)(H2,12,14,18). The minimum atomic E-state index is -1.17. The van der Waals surface area contributed by atoms with Gasteiger partial charge in [-0.05, 0) is 20.8 Å². The third kappa shape index (κ3) is 7.24. The summed E-state index contributed by atoms with van der Waals surface area (Å²) < 4.78 is 4.65. The van der Waals surface area contributed by atoms with Crippen molar-refractivity contribution in [2.45, 2.75) is 39.0 Å². The van der Waals surface area contributed by atoms with Gasteiger partial charge in [-0.15, -0.1) is 0 Å². The van der Waals surface area contributed by atoms with E-state index < -0.39 is 24.1 Å². The van der Waals surface area contributed by atoms with Gasteiger partial charge >= 0.3 is 12.0 Å². The molecule has 0 rings (SSSR count). The summed E-state index contributed by atoms with van der Waals surface area (Å²) in [6.07, 6.45) is -1.12. The zero-order valence-electron chi connectivity index (χ0n) is 11.5. The lowest BCUT2D eigenvalue weighted by molar-refractivity contribution is -0.148. The van der Waals surface area contributed by atoms with E-state index in [2.05, 4.69) is 20.7 Å². The zero-order valence-corrected chi connectivity index (χ0v) is 11.5. The van der Waals surface area contributed by atoms with Crippen LogP contribution < -0.4 is 16.0 Å². The summed E-state index contributed by atoms with van der Waals surface area (Å²) in [6.45, 7) is 4.96. The van der Waals surface area contributed by atoms with Crippen LogP contribution in [0.15, 0.2) is 0 Å². The third-order valence-electron chi connectivity index (χ3n) is 2.18. The molecule has 4 N–H and O–H groups in total. The number of ether oxygens (including phenoxy) is 1. The molecule has 0 aromatic heterocycles. The molecular formula is C11H21N3O5. The van der Waals surface area contributed by atoms with E-state index in [-0.39, 0.29) is 18.5 Å². The van der Waals surface area contributed by atoms with Crippen LogP contribution in [-0.4, -0.2) is 54.9 Å². The molecule has 19 heavy (non-hydrogen) atoms. The van der Waals surface area contributed by atoms with Gasteiger partial charge in [0.15, 0.2) is 6.10 Å². The molecule has 0 aliphatic carbocycles. The molecule has 8 nitrogen and oxygen atoms in total. The van der Waals surface area contributed by atoms with E-state index in [1.165, 1.54) is 14.0 Å². The highest BCUT2D eigenvalue weighted by Crippen LogP contribution is 1.89. The van der Waals surface area contributed by atoms with Gasteiger partial charge in [0.1, 0.15) is 6.04 Å². The number of carboxylic acids is 1. The van der Waals surface area contributed by atoms with Crippen LogP contribution >= 0.6 is 0 Å². The summed E-state index contributed by atoms with van der Waals surface area (Å²) in [7, 11) is 1.23. The molecule has 2 atom stereocenters. The van der Waals surface area contributed by atoms with Gasteiger partial charge in [0.25, 0.3) is 0 Å². The van der Waals surface area contributed by atoms with Crippen LogP contribution in [0.25, 0.3) is 0 Å². The molecule has 0 aromatic carbocycles. The number of carboxylic acid groups (broad SMARTS) is 1. The lowest BCUT2D eigenvalue weighted by Gasteiger charge is -2.17. The minimum absolute atomic E-state index is 0.0234. The Balaban J connectivity index is 4.10. The number of urea groups is 1. The van der Waals surface area contributed by atoms with Crippen molar-refractivity contribution in [3.63, 3.8) is 0 Å². The number of amides is 3. The molecule has 0 spiro atoms. The molecule has 0 radical (unpaired) electrons. The quantitative estimate of drug-likeness (QED) is 0.490. The fourth-order valence-corrected chi connectivity index (χ4v) is 1.18. The summed E-state index contributed by atoms with van der Waals surface area (Å²) in [5.41, 5.74) is 0. The van der Waals surface area contributed by atoms with E-state index in [0.717, 1.165) is 0 Å². The predicted octanol–water partition coefficient (Wildman–Crippen LogP) is -0.702. The van der Waals surface area contributed by atoms with Crippen molar-refractivity contribution < 1.29 is 24.2 Å². The van der Waals surface area contributed by atoms with Crippen molar-refractivity contribution in [3.05, 3.63) is 0 Å². The van der Waals surface area contributed by atoms with Crippen molar-refractivity contribution in [1.82, 2.24) is 16.0 Å². The molecule has 0 heterocycles. The Labute approximate surface area is 111 Å². The lowest BCUT2D eigenvalue weighted by Crippen LogP contribution is -2.51. The number of carbonyl (C=O) groups excluding carboxylic acids is 2. The normalized spacial score (nSPS) is 13.5. The van der Waals surface area contributed by atoms with Crippen molar-refractivity contribution in [3.8, 4) is 0 Å². The molecule has 0 aliphatic heterocycles. The van der Waals surface area contributed by atoms with Gasteiger partial charge in [0, 0.05) is 13.2 Å². The second kappa shape index (κ2) is 8.30. The van der Waals surface area contributed by atoms with Crippen LogP contribution in [0, 0.1) is 0 Å². The van der Waals surface area contributed by atoms with Gasteiger partial charge in [0.05, 0.1) is 6.54 Å². The van der Waals surface area contributed by atoms with Crippen LogP contribution in [0.2, 0.25) is 0 Å². The summed E-state index contributed by atoms with van der Waals surface area (Å²) >= 11 is 0. The van der Waals surface area contributed by atoms with Crippen molar-refractivity contribution >= 4 is 17.9 Å². The number of methoxy groups -OCH3 is 1. The van der Waals surface area contributed by atoms with E-state index in [4.69, 9.17) is 5.11 Å². The second-order valence-electron chi connectivity index (χ2n) is 4.30. The summed E-state index contributed by atoms with van der Waals surface area (Å²) in [6, 6.07) is -1.37. The van der Waals surface area contributed by atoms with Gasteiger partial charge in [-0.25, -0.2) is 9.59 Å². The molecule has 0 aliphatic rings. The molecule has 8 heteroatoms.